The lowest BCUT2D eigenvalue weighted by atomic mass is 9.91. The van der Waals surface area contributed by atoms with Crippen molar-refractivity contribution in [3.05, 3.63) is 11.4 Å². The first-order chi connectivity index (χ1) is 9.58. The summed E-state index contributed by atoms with van der Waals surface area (Å²) >= 11 is 0. The molecule has 2 rings (SSSR count). The molecule has 1 aliphatic carbocycles. The monoisotopic (exact) mass is 279 g/mol. The molecule has 0 radical (unpaired) electrons. The fourth-order valence-corrected chi connectivity index (χ4v) is 2.89. The zero-order valence-corrected chi connectivity index (χ0v) is 12.6. The van der Waals surface area contributed by atoms with E-state index >= 15 is 0 Å². The summed E-state index contributed by atoms with van der Waals surface area (Å²) in [6, 6.07) is 0.118. The van der Waals surface area contributed by atoms with Gasteiger partial charge in [0.15, 0.2) is 0 Å². The van der Waals surface area contributed by atoms with Gasteiger partial charge in [-0.2, -0.15) is 0 Å². The van der Waals surface area contributed by atoms with Crippen LogP contribution in [0.4, 0.5) is 11.6 Å². The molecule has 6 heteroatoms. The van der Waals surface area contributed by atoms with Crippen molar-refractivity contribution in [2.75, 3.05) is 17.4 Å². The minimum Gasteiger partial charge on any atom is -0.391 e. The number of hydrazine groups is 1. The van der Waals surface area contributed by atoms with Gasteiger partial charge in [-0.1, -0.05) is 19.8 Å². The highest BCUT2D eigenvalue weighted by Crippen LogP contribution is 2.29. The summed E-state index contributed by atoms with van der Waals surface area (Å²) in [7, 11) is 1.99. The summed E-state index contributed by atoms with van der Waals surface area (Å²) in [6.45, 7) is 3.97. The van der Waals surface area contributed by atoms with E-state index in [4.69, 9.17) is 5.84 Å². The number of aliphatic hydroxyl groups is 1. The van der Waals surface area contributed by atoms with Crippen LogP contribution in [-0.2, 0) is 6.42 Å². The number of hydrogen-bond donors (Lipinski definition) is 3. The Bertz CT molecular complexity index is 465. The number of nitrogens with two attached hydrogens (primary N) is 1. The Hall–Kier alpha value is -1.40. The quantitative estimate of drug-likeness (QED) is 0.570. The standard InChI is InChI=1S/C14H25N5O/c1-4-12-16-13(18-15)9(2)14(17-12)19(3)10-7-5-6-8-11(10)20/h10-11,20H,4-8,15H2,1-3H3,(H,16,17,18). The number of aliphatic hydroxyl groups excluding tert-OH is 1. The van der Waals surface area contributed by atoms with E-state index in [0.29, 0.717) is 5.82 Å². The van der Waals surface area contributed by atoms with E-state index in [1.54, 1.807) is 0 Å². The van der Waals surface area contributed by atoms with Crippen molar-refractivity contribution in [2.45, 2.75) is 58.1 Å². The lowest BCUT2D eigenvalue weighted by Gasteiger charge is -2.36. The molecule has 0 amide bonds. The Morgan fingerprint density at radius 1 is 1.35 bits per heavy atom. The molecule has 112 valence electrons. The SMILES string of the molecule is CCc1nc(NN)c(C)c(N(C)C2CCCCC2O)n1. The number of likely N-dealkylation sites (N-methyl/N-ethyl adjacent to an activating group) is 1. The molecule has 1 fully saturated rings. The molecule has 20 heavy (non-hydrogen) atoms. The van der Waals surface area contributed by atoms with Crippen molar-refractivity contribution < 1.29 is 5.11 Å². The van der Waals surface area contributed by atoms with E-state index in [0.717, 1.165) is 49.3 Å². The third-order valence-corrected chi connectivity index (χ3v) is 4.14. The normalized spacial score (nSPS) is 22.6. The fraction of sp³-hybridized carbons (Fsp3) is 0.714. The first-order valence-corrected chi connectivity index (χ1v) is 7.33. The molecule has 0 aromatic carbocycles. The summed E-state index contributed by atoms with van der Waals surface area (Å²) in [5.74, 6) is 7.81. The van der Waals surface area contributed by atoms with Gasteiger partial charge in [0.25, 0.3) is 0 Å². The van der Waals surface area contributed by atoms with Crippen molar-refractivity contribution in [2.24, 2.45) is 5.84 Å². The molecule has 1 aromatic rings. The number of hydrogen-bond acceptors (Lipinski definition) is 6. The van der Waals surface area contributed by atoms with Gasteiger partial charge < -0.3 is 15.4 Å². The van der Waals surface area contributed by atoms with E-state index in [1.165, 1.54) is 0 Å². The Morgan fingerprint density at radius 2 is 2.05 bits per heavy atom. The van der Waals surface area contributed by atoms with Crippen molar-refractivity contribution in [1.82, 2.24) is 9.97 Å². The second kappa shape index (κ2) is 6.37. The average molecular weight is 279 g/mol. The highest BCUT2D eigenvalue weighted by atomic mass is 16.3. The molecule has 0 bridgehead atoms. The third kappa shape index (κ3) is 2.86. The van der Waals surface area contributed by atoms with Crippen LogP contribution in [0.25, 0.3) is 0 Å². The van der Waals surface area contributed by atoms with Crippen molar-refractivity contribution >= 4 is 11.6 Å². The van der Waals surface area contributed by atoms with Gasteiger partial charge in [0.2, 0.25) is 0 Å². The summed E-state index contributed by atoms with van der Waals surface area (Å²) in [6.07, 6.45) is 4.57. The van der Waals surface area contributed by atoms with Crippen LogP contribution in [0.5, 0.6) is 0 Å². The first-order valence-electron chi connectivity index (χ1n) is 7.33. The number of aromatic nitrogens is 2. The number of nitrogens with zero attached hydrogens (tertiary/aromatic N) is 3. The van der Waals surface area contributed by atoms with E-state index in [1.807, 2.05) is 20.9 Å². The molecule has 1 aromatic heterocycles. The summed E-state index contributed by atoms with van der Waals surface area (Å²) < 4.78 is 0. The highest BCUT2D eigenvalue weighted by molar-refractivity contribution is 5.58. The van der Waals surface area contributed by atoms with Gasteiger partial charge in [0.1, 0.15) is 17.5 Å². The molecule has 1 saturated carbocycles. The van der Waals surface area contributed by atoms with Crippen LogP contribution in [0.1, 0.15) is 44.0 Å². The molecule has 6 nitrogen and oxygen atoms in total. The van der Waals surface area contributed by atoms with Gasteiger partial charge in [-0.05, 0) is 19.8 Å². The number of nitrogen functional groups attached to an aromatic ring is 1. The average Bonchev–Trinajstić information content (AvgIpc) is 2.47. The fourth-order valence-electron chi connectivity index (χ4n) is 2.89. The number of aryl methyl sites for hydroxylation is 1. The van der Waals surface area contributed by atoms with Crippen LogP contribution >= 0.6 is 0 Å². The van der Waals surface area contributed by atoms with Gasteiger partial charge >= 0.3 is 0 Å². The predicted octanol–water partition coefficient (Wildman–Crippen LogP) is 1.37. The molecule has 0 saturated heterocycles. The van der Waals surface area contributed by atoms with E-state index < -0.39 is 0 Å². The van der Waals surface area contributed by atoms with Crippen LogP contribution < -0.4 is 16.2 Å². The number of anilines is 2. The zero-order chi connectivity index (χ0) is 14.7. The Labute approximate surface area is 120 Å². The Kier molecular flexibility index (Phi) is 4.77. The van der Waals surface area contributed by atoms with Gasteiger partial charge in [-0.15, -0.1) is 0 Å². The summed E-state index contributed by atoms with van der Waals surface area (Å²) in [5, 5.41) is 10.2. The maximum absolute atomic E-state index is 10.2. The molecule has 0 spiro atoms. The molecule has 4 N–H and O–H groups in total. The smallest absolute Gasteiger partial charge is 0.148 e. The largest absolute Gasteiger partial charge is 0.391 e. The lowest BCUT2D eigenvalue weighted by molar-refractivity contribution is 0.106. The minimum absolute atomic E-state index is 0.118. The second-order valence-corrected chi connectivity index (χ2v) is 5.46. The van der Waals surface area contributed by atoms with Crippen LogP contribution in [0.3, 0.4) is 0 Å². The summed E-state index contributed by atoms with van der Waals surface area (Å²) in [5.41, 5.74) is 3.56. The van der Waals surface area contributed by atoms with E-state index in [2.05, 4.69) is 20.3 Å². The third-order valence-electron chi connectivity index (χ3n) is 4.14. The Morgan fingerprint density at radius 3 is 2.65 bits per heavy atom. The molecular weight excluding hydrogens is 254 g/mol. The molecule has 1 heterocycles. The van der Waals surface area contributed by atoms with Crippen LogP contribution in [0.2, 0.25) is 0 Å². The second-order valence-electron chi connectivity index (χ2n) is 5.46. The topological polar surface area (TPSA) is 87.3 Å². The number of nitrogens with one attached hydrogen (secondary N) is 1. The van der Waals surface area contributed by atoms with Crippen LogP contribution in [0, 0.1) is 6.92 Å². The number of rotatable bonds is 4. The van der Waals surface area contributed by atoms with Gasteiger partial charge in [-0.25, -0.2) is 15.8 Å². The molecule has 0 aliphatic heterocycles. The molecular formula is C14H25N5O. The van der Waals surface area contributed by atoms with Crippen molar-refractivity contribution in [1.29, 1.82) is 0 Å². The van der Waals surface area contributed by atoms with E-state index in [-0.39, 0.29) is 12.1 Å². The van der Waals surface area contributed by atoms with Crippen LogP contribution in [-0.4, -0.2) is 34.3 Å². The predicted molar refractivity (Wildman–Crippen MR) is 80.6 cm³/mol. The maximum atomic E-state index is 10.2. The van der Waals surface area contributed by atoms with Gasteiger partial charge in [0.05, 0.1) is 12.1 Å². The van der Waals surface area contributed by atoms with Crippen LogP contribution in [0.15, 0.2) is 0 Å². The maximum Gasteiger partial charge on any atom is 0.148 e. The molecule has 2 atom stereocenters. The van der Waals surface area contributed by atoms with Crippen molar-refractivity contribution in [3.63, 3.8) is 0 Å². The zero-order valence-electron chi connectivity index (χ0n) is 12.6. The first kappa shape index (κ1) is 15.0. The lowest BCUT2D eigenvalue weighted by Crippen LogP contribution is -2.44. The van der Waals surface area contributed by atoms with Gasteiger partial charge in [-0.3, -0.25) is 0 Å². The minimum atomic E-state index is -0.289. The van der Waals surface area contributed by atoms with E-state index in [9.17, 15) is 5.11 Å². The Balaban J connectivity index is 2.34. The molecule has 1 aliphatic rings. The summed E-state index contributed by atoms with van der Waals surface area (Å²) in [4.78, 5) is 11.1. The molecule has 2 unspecified atom stereocenters. The van der Waals surface area contributed by atoms with Crippen molar-refractivity contribution in [3.8, 4) is 0 Å². The van der Waals surface area contributed by atoms with Gasteiger partial charge in [0, 0.05) is 19.0 Å². The highest BCUT2D eigenvalue weighted by Gasteiger charge is 2.28.